The van der Waals surface area contributed by atoms with Gasteiger partial charge in [-0.1, -0.05) is 30.3 Å². The van der Waals surface area contributed by atoms with E-state index in [1.165, 1.54) is 12.5 Å². The first-order valence-electron chi connectivity index (χ1n) is 15.5. The highest BCUT2D eigenvalue weighted by Crippen LogP contribution is 2.32. The van der Waals surface area contributed by atoms with Crippen molar-refractivity contribution in [2.75, 3.05) is 63.6 Å². The Morgan fingerprint density at radius 1 is 0.978 bits per heavy atom. The molecular weight excluding hydrogens is 586 g/mol. The standard InChI is InChI=1S/C34H41N7O3S/c1-24(37-34-31-10-6-9-30(33(31)35-23-36-34)27-8-5-7-26(19-27)22-38(3)4)21-39-15-17-40(18-16-39)45(43,44)29-11-12-32-28(20-29)13-14-41(32)25(2)42/h5-12,19-20,23-24H,13-18,21-22H2,1-4H3,(H,35,36,37)/t24-/m0/s1. The van der Waals surface area contributed by atoms with Crippen LogP contribution < -0.4 is 10.2 Å². The fourth-order valence-corrected chi connectivity index (χ4v) is 7.94. The molecule has 0 saturated carbocycles. The van der Waals surface area contributed by atoms with Crippen molar-refractivity contribution >= 4 is 38.3 Å². The number of hydrogen-bond acceptors (Lipinski definition) is 8. The molecule has 45 heavy (non-hydrogen) atoms. The molecule has 1 saturated heterocycles. The highest BCUT2D eigenvalue weighted by atomic mass is 32.2. The van der Waals surface area contributed by atoms with E-state index in [4.69, 9.17) is 0 Å². The fraction of sp³-hybridized carbons (Fsp3) is 0.382. The molecule has 3 aromatic carbocycles. The summed E-state index contributed by atoms with van der Waals surface area (Å²) in [6.07, 6.45) is 2.29. The molecule has 11 heteroatoms. The number of anilines is 2. The summed E-state index contributed by atoms with van der Waals surface area (Å²) in [5, 5.41) is 4.56. The van der Waals surface area contributed by atoms with E-state index >= 15 is 0 Å². The Labute approximate surface area is 265 Å². The number of para-hydroxylation sites is 1. The smallest absolute Gasteiger partial charge is 0.243 e. The van der Waals surface area contributed by atoms with E-state index in [1.807, 2.05) is 0 Å². The number of benzene rings is 3. The number of rotatable bonds is 9. The molecule has 1 N–H and O–H groups in total. The van der Waals surface area contributed by atoms with E-state index in [0.29, 0.717) is 44.0 Å². The first-order valence-corrected chi connectivity index (χ1v) is 16.9. The molecular formula is C34H41N7O3S. The summed E-state index contributed by atoms with van der Waals surface area (Å²) in [5.74, 6) is 0.767. The lowest BCUT2D eigenvalue weighted by atomic mass is 10.00. The van der Waals surface area contributed by atoms with Crippen molar-refractivity contribution in [2.24, 2.45) is 0 Å². The molecule has 1 fully saturated rings. The Kier molecular flexibility index (Phi) is 8.87. The van der Waals surface area contributed by atoms with Gasteiger partial charge in [0.25, 0.3) is 0 Å². The van der Waals surface area contributed by atoms with Crippen molar-refractivity contribution in [1.29, 1.82) is 0 Å². The van der Waals surface area contributed by atoms with Crippen molar-refractivity contribution in [1.82, 2.24) is 24.1 Å². The van der Waals surface area contributed by atoms with Crippen LogP contribution in [0.15, 0.2) is 71.9 Å². The maximum absolute atomic E-state index is 13.5. The maximum atomic E-state index is 13.5. The summed E-state index contributed by atoms with van der Waals surface area (Å²) < 4.78 is 28.6. The van der Waals surface area contributed by atoms with Crippen molar-refractivity contribution in [3.63, 3.8) is 0 Å². The van der Waals surface area contributed by atoms with Crippen LogP contribution in [-0.2, 0) is 27.8 Å². The number of carbonyl (C=O) groups is 1. The van der Waals surface area contributed by atoms with Gasteiger partial charge in [-0.25, -0.2) is 18.4 Å². The first kappa shape index (κ1) is 31.1. The number of amides is 1. The number of piperazine rings is 1. The van der Waals surface area contributed by atoms with Gasteiger partial charge in [0.2, 0.25) is 15.9 Å². The summed E-state index contributed by atoms with van der Waals surface area (Å²) in [6.45, 7) is 8.03. The van der Waals surface area contributed by atoms with Gasteiger partial charge in [-0.15, -0.1) is 0 Å². The number of nitrogens with one attached hydrogen (secondary N) is 1. The minimum absolute atomic E-state index is 0.0247. The molecule has 236 valence electrons. The van der Waals surface area contributed by atoms with Crippen LogP contribution in [0, 0.1) is 0 Å². The van der Waals surface area contributed by atoms with Crippen LogP contribution in [0.4, 0.5) is 11.5 Å². The van der Waals surface area contributed by atoms with Crippen LogP contribution in [-0.4, -0.2) is 97.8 Å². The Morgan fingerprint density at radius 2 is 1.76 bits per heavy atom. The molecule has 1 aromatic heterocycles. The molecule has 2 aliphatic rings. The number of sulfonamides is 1. The van der Waals surface area contributed by atoms with Crippen LogP contribution in [0.5, 0.6) is 0 Å². The average molecular weight is 628 g/mol. The predicted molar refractivity (Wildman–Crippen MR) is 179 cm³/mol. The van der Waals surface area contributed by atoms with Gasteiger partial charge >= 0.3 is 0 Å². The van der Waals surface area contributed by atoms with Crippen LogP contribution in [0.3, 0.4) is 0 Å². The molecule has 10 nitrogen and oxygen atoms in total. The van der Waals surface area contributed by atoms with E-state index in [9.17, 15) is 13.2 Å². The summed E-state index contributed by atoms with van der Waals surface area (Å²) >= 11 is 0. The Balaban J connectivity index is 1.10. The zero-order chi connectivity index (χ0) is 31.7. The minimum atomic E-state index is -3.61. The van der Waals surface area contributed by atoms with Crippen molar-refractivity contribution < 1.29 is 13.2 Å². The molecule has 0 unspecified atom stereocenters. The summed E-state index contributed by atoms with van der Waals surface area (Å²) in [4.78, 5) is 27.6. The van der Waals surface area contributed by atoms with Crippen molar-refractivity contribution in [3.8, 4) is 11.1 Å². The third-order valence-electron chi connectivity index (χ3n) is 8.61. The maximum Gasteiger partial charge on any atom is 0.243 e. The zero-order valence-electron chi connectivity index (χ0n) is 26.4. The number of nitrogens with zero attached hydrogens (tertiary/aromatic N) is 6. The third kappa shape index (κ3) is 6.57. The normalized spacial score (nSPS) is 16.7. The molecule has 3 heterocycles. The second-order valence-corrected chi connectivity index (χ2v) is 14.3. The van der Waals surface area contributed by atoms with Gasteiger partial charge < -0.3 is 15.1 Å². The third-order valence-corrected chi connectivity index (χ3v) is 10.5. The Morgan fingerprint density at radius 3 is 2.51 bits per heavy atom. The molecule has 6 rings (SSSR count). The highest BCUT2D eigenvalue weighted by molar-refractivity contribution is 7.89. The van der Waals surface area contributed by atoms with Gasteiger partial charge in [-0.05, 0) is 74.5 Å². The summed E-state index contributed by atoms with van der Waals surface area (Å²) in [5.41, 5.74) is 6.08. The van der Waals surface area contributed by atoms with Crippen molar-refractivity contribution in [2.45, 2.75) is 37.8 Å². The van der Waals surface area contributed by atoms with E-state index in [-0.39, 0.29) is 11.9 Å². The lowest BCUT2D eigenvalue weighted by Gasteiger charge is -2.35. The quantitative estimate of drug-likeness (QED) is 0.297. The van der Waals surface area contributed by atoms with E-state index < -0.39 is 10.0 Å². The van der Waals surface area contributed by atoms with Crippen molar-refractivity contribution in [3.05, 3.63) is 78.1 Å². The van der Waals surface area contributed by atoms with Crippen LogP contribution in [0.25, 0.3) is 22.0 Å². The SMILES string of the molecule is CC(=O)N1CCc2cc(S(=O)(=O)N3CCN(C[C@H](C)Nc4ncnc5c(-c6cccc(CN(C)C)c6)cccc45)CC3)ccc21. The summed E-state index contributed by atoms with van der Waals surface area (Å²) in [6, 6.07) is 20.0. The largest absolute Gasteiger partial charge is 0.366 e. The molecule has 0 aliphatic carbocycles. The van der Waals surface area contributed by atoms with Crippen LogP contribution >= 0.6 is 0 Å². The van der Waals surface area contributed by atoms with Crippen LogP contribution in [0.2, 0.25) is 0 Å². The van der Waals surface area contributed by atoms with E-state index in [2.05, 4.69) is 88.6 Å². The lowest BCUT2D eigenvalue weighted by molar-refractivity contribution is -0.116. The van der Waals surface area contributed by atoms with Gasteiger partial charge in [0.05, 0.1) is 10.4 Å². The molecule has 0 bridgehead atoms. The summed E-state index contributed by atoms with van der Waals surface area (Å²) in [7, 11) is 0.524. The lowest BCUT2D eigenvalue weighted by Crippen LogP contribution is -2.50. The van der Waals surface area contributed by atoms with Gasteiger partial charge in [0.1, 0.15) is 12.1 Å². The van der Waals surface area contributed by atoms with Gasteiger partial charge in [0, 0.05) is 75.4 Å². The molecule has 1 atom stereocenters. The van der Waals surface area contributed by atoms with Gasteiger partial charge in [-0.3, -0.25) is 9.69 Å². The predicted octanol–water partition coefficient (Wildman–Crippen LogP) is 4.07. The monoisotopic (exact) mass is 627 g/mol. The first-order chi connectivity index (χ1) is 21.6. The molecule has 4 aromatic rings. The molecule has 1 amide bonds. The average Bonchev–Trinajstić information content (AvgIpc) is 3.45. The van der Waals surface area contributed by atoms with Gasteiger partial charge in [0.15, 0.2) is 0 Å². The fourth-order valence-electron chi connectivity index (χ4n) is 6.47. The number of aromatic nitrogens is 2. The zero-order valence-corrected chi connectivity index (χ0v) is 27.2. The minimum Gasteiger partial charge on any atom is -0.366 e. The van der Waals surface area contributed by atoms with Gasteiger partial charge in [-0.2, -0.15) is 4.31 Å². The Hall–Kier alpha value is -3.90. The number of hydrogen-bond donors (Lipinski definition) is 1. The second kappa shape index (κ2) is 12.8. The Bertz CT molecular complexity index is 1820. The second-order valence-electron chi connectivity index (χ2n) is 12.3. The topological polar surface area (TPSA) is 102 Å². The van der Waals surface area contributed by atoms with E-state index in [0.717, 1.165) is 52.2 Å². The number of fused-ring (bicyclic) bond motifs is 2. The molecule has 0 radical (unpaired) electrons. The molecule has 2 aliphatic heterocycles. The van der Waals surface area contributed by atoms with Crippen LogP contribution in [0.1, 0.15) is 25.0 Å². The van der Waals surface area contributed by atoms with E-state index in [1.54, 1.807) is 33.7 Å². The number of carbonyl (C=O) groups excluding carboxylic acids is 1. The highest BCUT2D eigenvalue weighted by Gasteiger charge is 2.31. The molecule has 0 spiro atoms.